The molecule has 19 heavy (non-hydrogen) atoms. The maximum atomic E-state index is 6.06. The standard InChI is InChI=1S/C16H27N3/c1-4-16(5-2)8-11-19(12-9-16)15-14(13(3)17)7-6-10-18-15/h6-7,10,13H,4-5,8-9,11-12,17H2,1-3H3. The Balaban J connectivity index is 2.14. The van der Waals surface area contributed by atoms with E-state index >= 15 is 0 Å². The van der Waals surface area contributed by atoms with E-state index in [-0.39, 0.29) is 6.04 Å². The van der Waals surface area contributed by atoms with Crippen molar-refractivity contribution >= 4 is 5.82 Å². The van der Waals surface area contributed by atoms with Gasteiger partial charge in [0, 0.05) is 30.9 Å². The third kappa shape index (κ3) is 2.92. The van der Waals surface area contributed by atoms with Crippen LogP contribution in [0.3, 0.4) is 0 Å². The molecule has 3 nitrogen and oxygen atoms in total. The Morgan fingerprint density at radius 2 is 1.95 bits per heavy atom. The Morgan fingerprint density at radius 3 is 2.47 bits per heavy atom. The highest BCUT2D eigenvalue weighted by molar-refractivity contribution is 5.48. The van der Waals surface area contributed by atoms with E-state index < -0.39 is 0 Å². The van der Waals surface area contributed by atoms with Crippen molar-refractivity contribution in [1.29, 1.82) is 0 Å². The summed E-state index contributed by atoms with van der Waals surface area (Å²) in [5, 5.41) is 0. The second-order valence-electron chi connectivity index (χ2n) is 5.90. The average molecular weight is 261 g/mol. The number of nitrogens with zero attached hydrogens (tertiary/aromatic N) is 2. The summed E-state index contributed by atoms with van der Waals surface area (Å²) >= 11 is 0. The number of hydrogen-bond acceptors (Lipinski definition) is 3. The van der Waals surface area contributed by atoms with E-state index in [0.29, 0.717) is 5.41 Å². The van der Waals surface area contributed by atoms with E-state index in [1.807, 2.05) is 19.2 Å². The van der Waals surface area contributed by atoms with E-state index in [4.69, 9.17) is 5.73 Å². The lowest BCUT2D eigenvalue weighted by molar-refractivity contribution is 0.199. The van der Waals surface area contributed by atoms with Crippen LogP contribution in [-0.2, 0) is 0 Å². The minimum atomic E-state index is 0.0488. The molecule has 1 aromatic heterocycles. The molecule has 0 aromatic carbocycles. The Kier molecular flexibility index (Phi) is 4.46. The fourth-order valence-electron chi connectivity index (χ4n) is 3.18. The molecule has 0 radical (unpaired) electrons. The van der Waals surface area contributed by atoms with Crippen LogP contribution in [0.25, 0.3) is 0 Å². The number of hydrogen-bond donors (Lipinski definition) is 1. The van der Waals surface area contributed by atoms with Gasteiger partial charge in [0.2, 0.25) is 0 Å². The lowest BCUT2D eigenvalue weighted by atomic mass is 9.74. The van der Waals surface area contributed by atoms with Gasteiger partial charge in [0.1, 0.15) is 5.82 Å². The van der Waals surface area contributed by atoms with Crippen LogP contribution in [0.5, 0.6) is 0 Å². The van der Waals surface area contributed by atoms with Crippen molar-refractivity contribution in [2.45, 2.75) is 52.5 Å². The van der Waals surface area contributed by atoms with E-state index in [2.05, 4.69) is 29.8 Å². The molecule has 2 rings (SSSR count). The summed E-state index contributed by atoms with van der Waals surface area (Å²) in [4.78, 5) is 6.99. The zero-order valence-electron chi connectivity index (χ0n) is 12.5. The molecular weight excluding hydrogens is 234 g/mol. The number of nitrogens with two attached hydrogens (primary N) is 1. The van der Waals surface area contributed by atoms with Gasteiger partial charge in [-0.1, -0.05) is 32.8 Å². The topological polar surface area (TPSA) is 42.2 Å². The van der Waals surface area contributed by atoms with Gasteiger partial charge < -0.3 is 10.6 Å². The highest BCUT2D eigenvalue weighted by Crippen LogP contribution is 2.39. The average Bonchev–Trinajstić information content (AvgIpc) is 2.47. The quantitative estimate of drug-likeness (QED) is 0.902. The number of aromatic nitrogens is 1. The number of rotatable bonds is 4. The SMILES string of the molecule is CCC1(CC)CCN(c2ncccc2C(C)N)CC1. The molecule has 1 atom stereocenters. The van der Waals surface area contributed by atoms with Crippen LogP contribution >= 0.6 is 0 Å². The van der Waals surface area contributed by atoms with Crippen molar-refractivity contribution in [3.8, 4) is 0 Å². The molecule has 106 valence electrons. The molecule has 0 aliphatic carbocycles. The molecule has 1 fully saturated rings. The first kappa shape index (κ1) is 14.3. The molecule has 0 amide bonds. The van der Waals surface area contributed by atoms with Gasteiger partial charge in [0.05, 0.1) is 0 Å². The van der Waals surface area contributed by atoms with Crippen molar-refractivity contribution in [1.82, 2.24) is 4.98 Å². The Bertz CT molecular complexity index is 400. The van der Waals surface area contributed by atoms with E-state index in [0.717, 1.165) is 18.9 Å². The predicted octanol–water partition coefficient (Wildman–Crippen LogP) is 3.51. The summed E-state index contributed by atoms with van der Waals surface area (Å²) in [5.74, 6) is 1.10. The molecule has 2 heterocycles. The predicted molar refractivity (Wildman–Crippen MR) is 81.3 cm³/mol. The molecular formula is C16H27N3. The summed E-state index contributed by atoms with van der Waals surface area (Å²) in [5.41, 5.74) is 7.78. The minimum Gasteiger partial charge on any atom is -0.356 e. The summed E-state index contributed by atoms with van der Waals surface area (Å²) in [6, 6.07) is 4.14. The van der Waals surface area contributed by atoms with Crippen LogP contribution in [0.15, 0.2) is 18.3 Å². The molecule has 0 spiro atoms. The van der Waals surface area contributed by atoms with Gasteiger partial charge in [-0.2, -0.15) is 0 Å². The molecule has 3 heteroatoms. The van der Waals surface area contributed by atoms with Crippen molar-refractivity contribution in [2.75, 3.05) is 18.0 Å². The van der Waals surface area contributed by atoms with Crippen molar-refractivity contribution < 1.29 is 0 Å². The monoisotopic (exact) mass is 261 g/mol. The molecule has 1 unspecified atom stereocenters. The third-order valence-electron chi connectivity index (χ3n) is 4.93. The Hall–Kier alpha value is -1.09. The van der Waals surface area contributed by atoms with Crippen LogP contribution in [0.1, 0.15) is 58.1 Å². The first-order chi connectivity index (χ1) is 9.12. The summed E-state index contributed by atoms with van der Waals surface area (Å²) in [6.45, 7) is 8.91. The van der Waals surface area contributed by atoms with E-state index in [1.54, 1.807) is 0 Å². The minimum absolute atomic E-state index is 0.0488. The number of anilines is 1. The van der Waals surface area contributed by atoms with Gasteiger partial charge in [-0.15, -0.1) is 0 Å². The van der Waals surface area contributed by atoms with Gasteiger partial charge in [-0.3, -0.25) is 0 Å². The van der Waals surface area contributed by atoms with E-state index in [9.17, 15) is 0 Å². The van der Waals surface area contributed by atoms with Crippen LogP contribution < -0.4 is 10.6 Å². The lowest BCUT2D eigenvalue weighted by Crippen LogP contribution is -2.40. The summed E-state index contributed by atoms with van der Waals surface area (Å²) in [6.07, 6.45) is 7.01. The van der Waals surface area contributed by atoms with Crippen LogP contribution in [0, 0.1) is 5.41 Å². The first-order valence-electron chi connectivity index (χ1n) is 7.57. The second kappa shape index (κ2) is 5.91. The zero-order chi connectivity index (χ0) is 13.9. The van der Waals surface area contributed by atoms with Crippen LogP contribution in [0.4, 0.5) is 5.82 Å². The Labute approximate surface area is 117 Å². The molecule has 1 aliphatic rings. The van der Waals surface area contributed by atoms with E-state index in [1.165, 1.54) is 31.2 Å². The molecule has 2 N–H and O–H groups in total. The Morgan fingerprint density at radius 1 is 1.32 bits per heavy atom. The van der Waals surface area contributed by atoms with Gasteiger partial charge in [0.15, 0.2) is 0 Å². The lowest BCUT2D eigenvalue weighted by Gasteiger charge is -2.42. The van der Waals surface area contributed by atoms with Crippen molar-refractivity contribution in [3.63, 3.8) is 0 Å². The summed E-state index contributed by atoms with van der Waals surface area (Å²) in [7, 11) is 0. The maximum absolute atomic E-state index is 6.06. The molecule has 1 aliphatic heterocycles. The molecule has 1 aromatic rings. The second-order valence-corrected chi connectivity index (χ2v) is 5.90. The molecule has 0 bridgehead atoms. The van der Waals surface area contributed by atoms with Crippen molar-refractivity contribution in [2.24, 2.45) is 11.1 Å². The van der Waals surface area contributed by atoms with Crippen LogP contribution in [-0.4, -0.2) is 18.1 Å². The van der Waals surface area contributed by atoms with Gasteiger partial charge in [0.25, 0.3) is 0 Å². The fourth-order valence-corrected chi connectivity index (χ4v) is 3.18. The first-order valence-corrected chi connectivity index (χ1v) is 7.57. The van der Waals surface area contributed by atoms with Gasteiger partial charge in [-0.25, -0.2) is 4.98 Å². The number of piperidine rings is 1. The van der Waals surface area contributed by atoms with Gasteiger partial charge >= 0.3 is 0 Å². The summed E-state index contributed by atoms with van der Waals surface area (Å²) < 4.78 is 0. The highest BCUT2D eigenvalue weighted by atomic mass is 15.2. The largest absolute Gasteiger partial charge is 0.356 e. The third-order valence-corrected chi connectivity index (χ3v) is 4.93. The normalized spacial score (nSPS) is 20.3. The van der Waals surface area contributed by atoms with Crippen LogP contribution in [0.2, 0.25) is 0 Å². The number of pyridine rings is 1. The molecule has 0 saturated carbocycles. The highest BCUT2D eigenvalue weighted by Gasteiger charge is 2.32. The smallest absolute Gasteiger partial charge is 0.133 e. The fraction of sp³-hybridized carbons (Fsp3) is 0.688. The van der Waals surface area contributed by atoms with Crippen molar-refractivity contribution in [3.05, 3.63) is 23.9 Å². The maximum Gasteiger partial charge on any atom is 0.133 e. The zero-order valence-corrected chi connectivity index (χ0v) is 12.5. The molecule has 1 saturated heterocycles. The van der Waals surface area contributed by atoms with Gasteiger partial charge in [-0.05, 0) is 31.2 Å².